The zero-order chi connectivity index (χ0) is 14.5. The van der Waals surface area contributed by atoms with Gasteiger partial charge in [-0.1, -0.05) is 37.6 Å². The number of nitrogens with zero attached hydrogens (tertiary/aromatic N) is 2. The molecule has 21 heavy (non-hydrogen) atoms. The zero-order valence-corrected chi connectivity index (χ0v) is 12.8. The highest BCUT2D eigenvalue weighted by molar-refractivity contribution is 5.55. The average molecular weight is 279 g/mol. The minimum absolute atomic E-state index is 0.733. The van der Waals surface area contributed by atoms with Gasteiger partial charge in [-0.3, -0.25) is 0 Å². The maximum absolute atomic E-state index is 4.49. The average Bonchev–Trinajstić information content (AvgIpc) is 2.57. The molecule has 1 radical (unpaired) electrons. The molecule has 1 heterocycles. The molecule has 1 fully saturated rings. The smallest absolute Gasteiger partial charge is 0.159 e. The van der Waals surface area contributed by atoms with Crippen LogP contribution in [-0.2, 0) is 6.42 Å². The van der Waals surface area contributed by atoms with Gasteiger partial charge in [-0.05, 0) is 55.6 Å². The maximum atomic E-state index is 4.49. The standard InChI is InChI=1S/C19H23N2/c1-2-6-15-13-20-19(21-14-15)18-11-9-17(10-12-18)16-7-4-3-5-8-16/h3,9-14,16H,2,4-8H2,1H3. The van der Waals surface area contributed by atoms with Gasteiger partial charge in [0.25, 0.3) is 0 Å². The summed E-state index contributed by atoms with van der Waals surface area (Å²) in [5.74, 6) is 1.57. The van der Waals surface area contributed by atoms with Crippen LogP contribution in [0.2, 0.25) is 0 Å². The van der Waals surface area contributed by atoms with E-state index in [2.05, 4.69) is 47.6 Å². The Morgan fingerprint density at radius 1 is 1.00 bits per heavy atom. The lowest BCUT2D eigenvalue weighted by molar-refractivity contribution is 0.512. The van der Waals surface area contributed by atoms with E-state index in [0.717, 1.165) is 30.1 Å². The molecule has 1 aromatic carbocycles. The maximum Gasteiger partial charge on any atom is 0.159 e. The number of hydrogen-bond donors (Lipinski definition) is 0. The van der Waals surface area contributed by atoms with Crippen LogP contribution in [0.25, 0.3) is 11.4 Å². The van der Waals surface area contributed by atoms with E-state index in [1.54, 1.807) is 0 Å². The van der Waals surface area contributed by atoms with Gasteiger partial charge in [-0.2, -0.15) is 0 Å². The predicted molar refractivity (Wildman–Crippen MR) is 87.0 cm³/mol. The third-order valence-electron chi connectivity index (χ3n) is 4.32. The van der Waals surface area contributed by atoms with Crippen molar-refractivity contribution in [2.24, 2.45) is 0 Å². The van der Waals surface area contributed by atoms with Crippen LogP contribution in [0.1, 0.15) is 56.1 Å². The van der Waals surface area contributed by atoms with Crippen molar-refractivity contribution in [3.8, 4) is 11.4 Å². The fraction of sp³-hybridized carbons (Fsp3) is 0.421. The molecule has 0 bridgehead atoms. The Bertz CT molecular complexity index is 551. The normalized spacial score (nSPS) is 16.0. The summed E-state index contributed by atoms with van der Waals surface area (Å²) in [6, 6.07) is 8.86. The van der Waals surface area contributed by atoms with E-state index < -0.39 is 0 Å². The van der Waals surface area contributed by atoms with Crippen molar-refractivity contribution in [3.05, 3.63) is 54.2 Å². The molecule has 0 spiro atoms. The number of benzene rings is 1. The van der Waals surface area contributed by atoms with Crippen LogP contribution in [0.5, 0.6) is 0 Å². The zero-order valence-electron chi connectivity index (χ0n) is 12.8. The predicted octanol–water partition coefficient (Wildman–Crippen LogP) is 4.96. The van der Waals surface area contributed by atoms with Gasteiger partial charge in [0.05, 0.1) is 0 Å². The molecule has 0 saturated heterocycles. The molecule has 2 nitrogen and oxygen atoms in total. The first-order chi connectivity index (χ1) is 10.4. The molecule has 1 aliphatic carbocycles. The molecule has 0 N–H and O–H groups in total. The molecule has 2 heteroatoms. The Morgan fingerprint density at radius 2 is 1.67 bits per heavy atom. The highest BCUT2D eigenvalue weighted by atomic mass is 14.9. The molecule has 109 valence electrons. The Morgan fingerprint density at radius 3 is 2.29 bits per heavy atom. The SMILES string of the molecule is CCCc1cnc(-c2ccc(C3CC[CH]CC3)cc2)nc1. The second kappa shape index (κ2) is 6.84. The number of hydrogen-bond acceptors (Lipinski definition) is 2. The molecular weight excluding hydrogens is 256 g/mol. The van der Waals surface area contributed by atoms with Crippen molar-refractivity contribution in [1.29, 1.82) is 0 Å². The Labute approximate surface area is 127 Å². The summed E-state index contributed by atoms with van der Waals surface area (Å²) in [4.78, 5) is 8.99. The molecule has 2 aromatic rings. The molecule has 1 aromatic heterocycles. The summed E-state index contributed by atoms with van der Waals surface area (Å²) < 4.78 is 0. The lowest BCUT2D eigenvalue weighted by Crippen LogP contribution is -2.04. The fourth-order valence-electron chi connectivity index (χ4n) is 3.09. The van der Waals surface area contributed by atoms with Gasteiger partial charge in [-0.25, -0.2) is 9.97 Å². The molecule has 0 amide bonds. The second-order valence-corrected chi connectivity index (χ2v) is 5.93. The summed E-state index contributed by atoms with van der Waals surface area (Å²) in [6.07, 6.45) is 13.6. The van der Waals surface area contributed by atoms with Crippen molar-refractivity contribution in [2.45, 2.75) is 51.4 Å². The molecule has 0 atom stereocenters. The molecule has 1 aliphatic rings. The topological polar surface area (TPSA) is 25.8 Å². The molecule has 0 aliphatic heterocycles. The quantitative estimate of drug-likeness (QED) is 0.790. The van der Waals surface area contributed by atoms with Crippen LogP contribution in [0.3, 0.4) is 0 Å². The first-order valence-corrected chi connectivity index (χ1v) is 8.09. The van der Waals surface area contributed by atoms with Gasteiger partial charge in [0.15, 0.2) is 5.82 Å². The monoisotopic (exact) mass is 279 g/mol. The van der Waals surface area contributed by atoms with Gasteiger partial charge in [0.1, 0.15) is 0 Å². The number of rotatable bonds is 4. The first kappa shape index (κ1) is 14.2. The van der Waals surface area contributed by atoms with Crippen molar-refractivity contribution < 1.29 is 0 Å². The van der Waals surface area contributed by atoms with Crippen LogP contribution in [0.4, 0.5) is 0 Å². The Kier molecular flexibility index (Phi) is 4.64. The summed E-state index contributed by atoms with van der Waals surface area (Å²) in [5.41, 5.74) is 3.80. The van der Waals surface area contributed by atoms with Crippen LogP contribution in [-0.4, -0.2) is 9.97 Å². The summed E-state index contributed by atoms with van der Waals surface area (Å²) in [6.45, 7) is 2.18. The first-order valence-electron chi connectivity index (χ1n) is 8.09. The van der Waals surface area contributed by atoms with E-state index in [4.69, 9.17) is 0 Å². The number of aryl methyl sites for hydroxylation is 1. The lowest BCUT2D eigenvalue weighted by Gasteiger charge is -2.21. The van der Waals surface area contributed by atoms with E-state index in [-0.39, 0.29) is 0 Å². The van der Waals surface area contributed by atoms with Crippen molar-refractivity contribution in [2.75, 3.05) is 0 Å². The summed E-state index contributed by atoms with van der Waals surface area (Å²) >= 11 is 0. The third-order valence-corrected chi connectivity index (χ3v) is 4.32. The summed E-state index contributed by atoms with van der Waals surface area (Å²) in [5, 5.41) is 0. The summed E-state index contributed by atoms with van der Waals surface area (Å²) in [7, 11) is 0. The van der Waals surface area contributed by atoms with Crippen LogP contribution in [0, 0.1) is 6.42 Å². The van der Waals surface area contributed by atoms with Crippen LogP contribution in [0.15, 0.2) is 36.7 Å². The molecule has 1 saturated carbocycles. The van der Waals surface area contributed by atoms with Gasteiger partial charge in [-0.15, -0.1) is 0 Å². The molecule has 3 rings (SSSR count). The van der Waals surface area contributed by atoms with Crippen LogP contribution < -0.4 is 0 Å². The van der Waals surface area contributed by atoms with Crippen molar-refractivity contribution in [3.63, 3.8) is 0 Å². The minimum Gasteiger partial charge on any atom is -0.236 e. The highest BCUT2D eigenvalue weighted by Gasteiger charge is 2.15. The van der Waals surface area contributed by atoms with E-state index >= 15 is 0 Å². The highest BCUT2D eigenvalue weighted by Crippen LogP contribution is 2.32. The van der Waals surface area contributed by atoms with Crippen molar-refractivity contribution in [1.82, 2.24) is 9.97 Å². The lowest BCUT2D eigenvalue weighted by atomic mass is 9.84. The van der Waals surface area contributed by atoms with Gasteiger partial charge >= 0.3 is 0 Å². The number of aromatic nitrogens is 2. The molecule has 0 unspecified atom stereocenters. The van der Waals surface area contributed by atoms with E-state index in [1.165, 1.54) is 36.8 Å². The largest absolute Gasteiger partial charge is 0.236 e. The third kappa shape index (κ3) is 3.49. The molecular formula is C19H23N2. The Hall–Kier alpha value is -1.70. The van der Waals surface area contributed by atoms with E-state index in [0.29, 0.717) is 0 Å². The Balaban J connectivity index is 1.73. The second-order valence-electron chi connectivity index (χ2n) is 5.93. The van der Waals surface area contributed by atoms with E-state index in [9.17, 15) is 0 Å². The van der Waals surface area contributed by atoms with Crippen LogP contribution >= 0.6 is 0 Å². The van der Waals surface area contributed by atoms with Gasteiger partial charge < -0.3 is 0 Å². The van der Waals surface area contributed by atoms with Crippen molar-refractivity contribution >= 4 is 0 Å². The van der Waals surface area contributed by atoms with E-state index in [1.807, 2.05) is 12.4 Å². The van der Waals surface area contributed by atoms with Gasteiger partial charge in [0, 0.05) is 18.0 Å². The fourth-order valence-corrected chi connectivity index (χ4v) is 3.09. The van der Waals surface area contributed by atoms with Gasteiger partial charge in [0.2, 0.25) is 0 Å². The minimum atomic E-state index is 0.733.